The summed E-state index contributed by atoms with van der Waals surface area (Å²) >= 11 is 11.9. The molecule has 0 saturated carbocycles. The van der Waals surface area contributed by atoms with Gasteiger partial charge in [-0.2, -0.15) is 0 Å². The summed E-state index contributed by atoms with van der Waals surface area (Å²) < 4.78 is 40.0. The van der Waals surface area contributed by atoms with Crippen LogP contribution in [-0.4, -0.2) is 16.3 Å². The highest BCUT2D eigenvalue weighted by Crippen LogP contribution is 2.28. The van der Waals surface area contributed by atoms with Crippen molar-refractivity contribution in [2.45, 2.75) is 19.8 Å². The van der Waals surface area contributed by atoms with Gasteiger partial charge in [0.1, 0.15) is 17.3 Å². The molecule has 0 radical (unpaired) electrons. The summed E-state index contributed by atoms with van der Waals surface area (Å²) in [7, 11) is 0. The molecule has 1 aromatic carbocycles. The zero-order valence-electron chi connectivity index (χ0n) is 11.2. The van der Waals surface area contributed by atoms with E-state index >= 15 is 0 Å². The summed E-state index contributed by atoms with van der Waals surface area (Å²) in [5.41, 5.74) is 1.08. The number of hydrogen-bond donors (Lipinski definition) is 1. The first-order valence-electron chi connectivity index (χ1n) is 6.03. The van der Waals surface area contributed by atoms with Gasteiger partial charge in [-0.1, -0.05) is 35.3 Å². The maximum absolute atomic E-state index is 12.1. The van der Waals surface area contributed by atoms with E-state index in [4.69, 9.17) is 23.2 Å². The third-order valence-electron chi connectivity index (χ3n) is 2.56. The highest BCUT2D eigenvalue weighted by atomic mass is 35.5. The maximum atomic E-state index is 12.1. The Morgan fingerprint density at radius 2 is 1.64 bits per heavy atom. The second-order valence-corrected chi connectivity index (χ2v) is 4.99. The molecule has 22 heavy (non-hydrogen) atoms. The number of rotatable bonds is 4. The minimum atomic E-state index is -4.71. The van der Waals surface area contributed by atoms with Gasteiger partial charge in [-0.25, -0.2) is 9.97 Å². The second kappa shape index (κ2) is 6.58. The zero-order chi connectivity index (χ0) is 16.3. The van der Waals surface area contributed by atoms with Crippen molar-refractivity contribution < 1.29 is 17.9 Å². The summed E-state index contributed by atoms with van der Waals surface area (Å²) in [5.74, 6) is 0.153. The molecular weight excluding hydrogens is 342 g/mol. The van der Waals surface area contributed by atoms with Gasteiger partial charge in [0.2, 0.25) is 0 Å². The average molecular weight is 352 g/mol. The highest BCUT2D eigenvalue weighted by molar-refractivity contribution is 6.37. The van der Waals surface area contributed by atoms with Crippen LogP contribution in [0.2, 0.25) is 10.3 Å². The SMILES string of the molecule is Cc1nc(Cl)c(NCc2ccc(OC(F)(F)F)cc2)c(Cl)n1. The molecule has 0 bridgehead atoms. The molecule has 0 unspecified atom stereocenters. The van der Waals surface area contributed by atoms with Gasteiger partial charge in [0, 0.05) is 6.54 Å². The molecule has 0 fully saturated rings. The number of benzene rings is 1. The molecule has 0 aliphatic carbocycles. The number of hydrogen-bond acceptors (Lipinski definition) is 4. The lowest BCUT2D eigenvalue weighted by Crippen LogP contribution is -2.17. The Labute approximate surface area is 134 Å². The van der Waals surface area contributed by atoms with Crippen molar-refractivity contribution in [3.8, 4) is 5.75 Å². The standard InChI is InChI=1S/C13H10Cl2F3N3O/c1-7-20-11(14)10(12(15)21-7)19-6-8-2-4-9(5-3-8)22-13(16,17)18/h2-5,19H,6H2,1H3. The summed E-state index contributed by atoms with van der Waals surface area (Å²) in [6, 6.07) is 5.43. The molecule has 0 amide bonds. The Balaban J connectivity index is 2.03. The predicted molar refractivity (Wildman–Crippen MR) is 77.2 cm³/mol. The average Bonchev–Trinajstić information content (AvgIpc) is 2.37. The molecule has 0 atom stereocenters. The normalized spacial score (nSPS) is 11.4. The molecule has 0 saturated heterocycles. The molecule has 1 aromatic heterocycles. The molecule has 118 valence electrons. The minimum Gasteiger partial charge on any atom is -0.406 e. The Bertz CT molecular complexity index is 640. The Morgan fingerprint density at radius 1 is 1.09 bits per heavy atom. The van der Waals surface area contributed by atoms with E-state index in [1.807, 2.05) is 0 Å². The van der Waals surface area contributed by atoms with Crippen molar-refractivity contribution in [1.82, 2.24) is 9.97 Å². The number of alkyl halides is 3. The van der Waals surface area contributed by atoms with Crippen molar-refractivity contribution in [3.63, 3.8) is 0 Å². The van der Waals surface area contributed by atoms with E-state index in [-0.39, 0.29) is 22.6 Å². The van der Waals surface area contributed by atoms with Crippen LogP contribution in [0, 0.1) is 6.92 Å². The van der Waals surface area contributed by atoms with Crippen LogP contribution in [0.15, 0.2) is 24.3 Å². The van der Waals surface area contributed by atoms with Gasteiger partial charge in [-0.3, -0.25) is 0 Å². The van der Waals surface area contributed by atoms with Crippen molar-refractivity contribution in [3.05, 3.63) is 46.0 Å². The predicted octanol–water partition coefficient (Wildman–Crippen LogP) is 4.60. The van der Waals surface area contributed by atoms with Crippen molar-refractivity contribution in [2.75, 3.05) is 5.32 Å². The van der Waals surface area contributed by atoms with Crippen LogP contribution in [0.3, 0.4) is 0 Å². The zero-order valence-corrected chi connectivity index (χ0v) is 12.7. The first kappa shape index (κ1) is 16.6. The Morgan fingerprint density at radius 3 is 2.14 bits per heavy atom. The van der Waals surface area contributed by atoms with Crippen molar-refractivity contribution >= 4 is 28.9 Å². The van der Waals surface area contributed by atoms with Gasteiger partial charge >= 0.3 is 6.36 Å². The fourth-order valence-electron chi connectivity index (χ4n) is 1.65. The molecule has 1 heterocycles. The molecule has 4 nitrogen and oxygen atoms in total. The van der Waals surface area contributed by atoms with Crippen LogP contribution in [0.1, 0.15) is 11.4 Å². The van der Waals surface area contributed by atoms with E-state index in [9.17, 15) is 13.2 Å². The van der Waals surface area contributed by atoms with Crippen molar-refractivity contribution in [1.29, 1.82) is 0 Å². The van der Waals surface area contributed by atoms with Crippen LogP contribution < -0.4 is 10.1 Å². The molecule has 0 aliphatic heterocycles. The lowest BCUT2D eigenvalue weighted by atomic mass is 10.2. The van der Waals surface area contributed by atoms with E-state index in [0.717, 1.165) is 0 Å². The van der Waals surface area contributed by atoms with Gasteiger partial charge in [-0.05, 0) is 24.6 Å². The fourth-order valence-corrected chi connectivity index (χ4v) is 2.26. The van der Waals surface area contributed by atoms with Gasteiger partial charge < -0.3 is 10.1 Å². The number of halogens is 5. The number of nitrogens with zero attached hydrogens (tertiary/aromatic N) is 2. The van der Waals surface area contributed by atoms with Crippen molar-refractivity contribution in [2.24, 2.45) is 0 Å². The molecule has 2 rings (SSSR count). The molecule has 1 N–H and O–H groups in total. The maximum Gasteiger partial charge on any atom is 0.573 e. The van der Waals surface area contributed by atoms with Gasteiger partial charge in [-0.15, -0.1) is 13.2 Å². The van der Waals surface area contributed by atoms with Crippen LogP contribution >= 0.6 is 23.2 Å². The smallest absolute Gasteiger partial charge is 0.406 e. The van der Waals surface area contributed by atoms with Crippen LogP contribution in [0.4, 0.5) is 18.9 Å². The van der Waals surface area contributed by atoms with Crippen LogP contribution in [0.5, 0.6) is 5.75 Å². The van der Waals surface area contributed by atoms with Crippen LogP contribution in [0.25, 0.3) is 0 Å². The first-order chi connectivity index (χ1) is 10.2. The third kappa shape index (κ3) is 4.64. The molecule has 0 spiro atoms. The van der Waals surface area contributed by atoms with E-state index in [1.165, 1.54) is 24.3 Å². The second-order valence-electron chi connectivity index (χ2n) is 4.27. The number of nitrogens with one attached hydrogen (secondary N) is 1. The van der Waals surface area contributed by atoms with Gasteiger partial charge in [0.25, 0.3) is 0 Å². The number of aryl methyl sites for hydroxylation is 1. The topological polar surface area (TPSA) is 47.0 Å². The Kier molecular flexibility index (Phi) is 4.97. The highest BCUT2D eigenvalue weighted by Gasteiger charge is 2.30. The molecule has 0 aliphatic rings. The number of ether oxygens (including phenoxy) is 1. The summed E-state index contributed by atoms with van der Waals surface area (Å²) in [6.45, 7) is 1.94. The summed E-state index contributed by atoms with van der Waals surface area (Å²) in [5, 5.41) is 3.29. The van der Waals surface area contributed by atoms with E-state index in [2.05, 4.69) is 20.0 Å². The number of aromatic nitrogens is 2. The monoisotopic (exact) mass is 351 g/mol. The lowest BCUT2D eigenvalue weighted by molar-refractivity contribution is -0.274. The molecule has 2 aromatic rings. The van der Waals surface area contributed by atoms with Crippen LogP contribution in [-0.2, 0) is 6.54 Å². The van der Waals surface area contributed by atoms with E-state index < -0.39 is 6.36 Å². The first-order valence-corrected chi connectivity index (χ1v) is 6.78. The molecule has 9 heteroatoms. The summed E-state index contributed by atoms with van der Waals surface area (Å²) in [6.07, 6.45) is -4.71. The molecular formula is C13H10Cl2F3N3O. The van der Waals surface area contributed by atoms with E-state index in [1.54, 1.807) is 6.92 Å². The lowest BCUT2D eigenvalue weighted by Gasteiger charge is -2.11. The third-order valence-corrected chi connectivity index (χ3v) is 3.11. The van der Waals surface area contributed by atoms with E-state index in [0.29, 0.717) is 17.1 Å². The fraction of sp³-hybridized carbons (Fsp3) is 0.231. The largest absolute Gasteiger partial charge is 0.573 e. The quantitative estimate of drug-likeness (QED) is 0.817. The summed E-state index contributed by atoms with van der Waals surface area (Å²) in [4.78, 5) is 7.93. The minimum absolute atomic E-state index is 0.175. The van der Waals surface area contributed by atoms with Gasteiger partial charge in [0.05, 0.1) is 0 Å². The Hall–Kier alpha value is -1.73. The number of anilines is 1. The van der Waals surface area contributed by atoms with Gasteiger partial charge in [0.15, 0.2) is 10.3 Å².